The molecule has 0 unspecified atom stereocenters. The SMILES string of the molecule is Cc1cccc([C@H]2Nc3ccc([N+](=O)[O-])cc3[C@H]3[C@H]4CC[C@@H](C4)[C@H]32)c1. The molecule has 25 heavy (non-hydrogen) atoms. The van der Waals surface area contributed by atoms with E-state index in [1.54, 1.807) is 6.07 Å². The molecule has 4 nitrogen and oxygen atoms in total. The summed E-state index contributed by atoms with van der Waals surface area (Å²) in [6.45, 7) is 2.14. The predicted octanol–water partition coefficient (Wildman–Crippen LogP) is 5.20. The molecule has 0 amide bonds. The maximum Gasteiger partial charge on any atom is 0.269 e. The van der Waals surface area contributed by atoms with E-state index in [9.17, 15) is 10.1 Å². The Morgan fingerprint density at radius 2 is 1.96 bits per heavy atom. The summed E-state index contributed by atoms with van der Waals surface area (Å²) < 4.78 is 0. The van der Waals surface area contributed by atoms with Crippen LogP contribution in [0.3, 0.4) is 0 Å². The first-order chi connectivity index (χ1) is 12.1. The third-order valence-electron chi connectivity index (χ3n) is 6.68. The second kappa shape index (κ2) is 5.32. The molecule has 2 fully saturated rings. The zero-order valence-electron chi connectivity index (χ0n) is 14.3. The van der Waals surface area contributed by atoms with Crippen molar-refractivity contribution in [1.82, 2.24) is 0 Å². The number of anilines is 1. The Labute approximate surface area is 147 Å². The Bertz CT molecular complexity index is 863. The zero-order chi connectivity index (χ0) is 17.1. The van der Waals surface area contributed by atoms with Gasteiger partial charge in [0, 0.05) is 17.8 Å². The van der Waals surface area contributed by atoms with E-state index in [1.807, 2.05) is 12.1 Å². The van der Waals surface area contributed by atoms with E-state index in [1.165, 1.54) is 36.0 Å². The van der Waals surface area contributed by atoms with Crippen LogP contribution in [0.2, 0.25) is 0 Å². The molecule has 1 N–H and O–H groups in total. The van der Waals surface area contributed by atoms with Crippen LogP contribution in [0.5, 0.6) is 0 Å². The van der Waals surface area contributed by atoms with Gasteiger partial charge in [0.25, 0.3) is 5.69 Å². The molecule has 128 valence electrons. The molecular weight excluding hydrogens is 312 g/mol. The zero-order valence-corrected chi connectivity index (χ0v) is 14.3. The van der Waals surface area contributed by atoms with Crippen molar-refractivity contribution < 1.29 is 4.92 Å². The number of hydrogen-bond acceptors (Lipinski definition) is 3. The standard InChI is InChI=1S/C21H22N2O2/c1-12-3-2-4-15(9-12)21-20-14-6-5-13(10-14)19(20)17-11-16(23(24)25)7-8-18(17)22-21/h2-4,7-9,11,13-14,19-22H,5-6,10H2,1H3/t13-,14-,19+,20+,21+/m0/s1. The van der Waals surface area contributed by atoms with Crippen molar-refractivity contribution in [1.29, 1.82) is 0 Å². The minimum absolute atomic E-state index is 0.219. The predicted molar refractivity (Wildman–Crippen MR) is 97.7 cm³/mol. The highest BCUT2D eigenvalue weighted by Gasteiger charge is 2.54. The van der Waals surface area contributed by atoms with E-state index in [2.05, 4.69) is 36.5 Å². The van der Waals surface area contributed by atoms with Crippen molar-refractivity contribution in [3.05, 3.63) is 69.3 Å². The molecule has 0 radical (unpaired) electrons. The van der Waals surface area contributed by atoms with Crippen molar-refractivity contribution in [3.8, 4) is 0 Å². The normalized spacial score (nSPS) is 32.0. The van der Waals surface area contributed by atoms with E-state index in [4.69, 9.17) is 0 Å². The number of hydrogen-bond donors (Lipinski definition) is 1. The van der Waals surface area contributed by atoms with Crippen LogP contribution in [-0.4, -0.2) is 4.92 Å². The molecule has 2 aromatic carbocycles. The monoisotopic (exact) mass is 334 g/mol. The van der Waals surface area contributed by atoms with Crippen LogP contribution in [0, 0.1) is 34.8 Å². The largest absolute Gasteiger partial charge is 0.378 e. The van der Waals surface area contributed by atoms with E-state index >= 15 is 0 Å². The van der Waals surface area contributed by atoms with Gasteiger partial charge in [-0.05, 0) is 67.1 Å². The van der Waals surface area contributed by atoms with Crippen LogP contribution >= 0.6 is 0 Å². The molecule has 2 aliphatic carbocycles. The van der Waals surface area contributed by atoms with Crippen molar-refractivity contribution >= 4 is 11.4 Å². The topological polar surface area (TPSA) is 55.2 Å². The third kappa shape index (κ3) is 2.20. The van der Waals surface area contributed by atoms with Crippen LogP contribution in [0.4, 0.5) is 11.4 Å². The van der Waals surface area contributed by atoms with Gasteiger partial charge in [0.15, 0.2) is 0 Å². The highest BCUT2D eigenvalue weighted by molar-refractivity contribution is 5.62. The summed E-state index contributed by atoms with van der Waals surface area (Å²) >= 11 is 0. The molecule has 0 aromatic heterocycles. The lowest BCUT2D eigenvalue weighted by Crippen LogP contribution is -2.35. The molecule has 1 heterocycles. The van der Waals surface area contributed by atoms with Crippen molar-refractivity contribution in [2.75, 3.05) is 5.32 Å². The molecule has 3 aliphatic rings. The van der Waals surface area contributed by atoms with E-state index in [0.717, 1.165) is 11.6 Å². The summed E-state index contributed by atoms with van der Waals surface area (Å²) in [6, 6.07) is 14.5. The lowest BCUT2D eigenvalue weighted by Gasteiger charge is -2.43. The Kier molecular flexibility index (Phi) is 3.18. The van der Waals surface area contributed by atoms with E-state index in [-0.39, 0.29) is 10.6 Å². The van der Waals surface area contributed by atoms with Crippen LogP contribution < -0.4 is 5.32 Å². The maximum atomic E-state index is 11.2. The van der Waals surface area contributed by atoms with Gasteiger partial charge < -0.3 is 5.32 Å². The van der Waals surface area contributed by atoms with E-state index < -0.39 is 0 Å². The first kappa shape index (κ1) is 14.9. The number of rotatable bonds is 2. The Hall–Kier alpha value is -2.36. The summed E-state index contributed by atoms with van der Waals surface area (Å²) in [5.41, 5.74) is 5.12. The number of aryl methyl sites for hydroxylation is 1. The number of nitrogens with one attached hydrogen (secondary N) is 1. The van der Waals surface area contributed by atoms with Crippen molar-refractivity contribution in [3.63, 3.8) is 0 Å². The first-order valence-corrected chi connectivity index (χ1v) is 9.23. The molecule has 2 bridgehead atoms. The maximum absolute atomic E-state index is 11.2. The quantitative estimate of drug-likeness (QED) is 0.606. The van der Waals surface area contributed by atoms with Gasteiger partial charge in [-0.15, -0.1) is 0 Å². The summed E-state index contributed by atoms with van der Waals surface area (Å²) in [4.78, 5) is 11.0. The fourth-order valence-corrected chi connectivity index (χ4v) is 5.78. The molecular formula is C21H22N2O2. The molecule has 5 atom stereocenters. The second-order valence-electron chi connectivity index (χ2n) is 8.00. The number of fused-ring (bicyclic) bond motifs is 7. The van der Waals surface area contributed by atoms with Gasteiger partial charge in [-0.25, -0.2) is 0 Å². The minimum atomic E-state index is -0.269. The molecule has 0 spiro atoms. The van der Waals surface area contributed by atoms with Crippen molar-refractivity contribution in [2.45, 2.75) is 38.1 Å². The van der Waals surface area contributed by atoms with Gasteiger partial charge in [-0.1, -0.05) is 29.8 Å². The Morgan fingerprint density at radius 3 is 2.76 bits per heavy atom. The number of nitrogens with zero attached hydrogens (tertiary/aromatic N) is 1. The van der Waals surface area contributed by atoms with Crippen LogP contribution in [0.1, 0.15) is 47.9 Å². The molecule has 4 heteroatoms. The average molecular weight is 334 g/mol. The smallest absolute Gasteiger partial charge is 0.269 e. The Balaban J connectivity index is 1.64. The Morgan fingerprint density at radius 1 is 1.12 bits per heavy atom. The fraction of sp³-hybridized carbons (Fsp3) is 0.429. The van der Waals surface area contributed by atoms with Crippen molar-refractivity contribution in [2.24, 2.45) is 17.8 Å². The van der Waals surface area contributed by atoms with Crippen LogP contribution in [-0.2, 0) is 0 Å². The first-order valence-electron chi connectivity index (χ1n) is 9.23. The second-order valence-corrected chi connectivity index (χ2v) is 8.00. The summed E-state index contributed by atoms with van der Waals surface area (Å²) in [5, 5.41) is 15.0. The lowest BCUT2D eigenvalue weighted by atomic mass is 9.68. The number of non-ortho nitro benzene ring substituents is 1. The van der Waals surface area contributed by atoms with Gasteiger partial charge in [-0.2, -0.15) is 0 Å². The van der Waals surface area contributed by atoms with Gasteiger partial charge in [0.1, 0.15) is 0 Å². The van der Waals surface area contributed by atoms with Gasteiger partial charge in [-0.3, -0.25) is 10.1 Å². The third-order valence-corrected chi connectivity index (χ3v) is 6.68. The average Bonchev–Trinajstić information content (AvgIpc) is 3.22. The summed E-state index contributed by atoms with van der Waals surface area (Å²) in [6.07, 6.45) is 3.86. The highest BCUT2D eigenvalue weighted by atomic mass is 16.6. The number of nitro benzene ring substituents is 1. The molecule has 2 aromatic rings. The molecule has 5 rings (SSSR count). The molecule has 2 saturated carbocycles. The number of nitro groups is 1. The van der Waals surface area contributed by atoms with E-state index in [0.29, 0.717) is 23.8 Å². The summed E-state index contributed by atoms with van der Waals surface area (Å²) in [5.74, 6) is 2.43. The van der Waals surface area contributed by atoms with Gasteiger partial charge in [0.05, 0.1) is 11.0 Å². The number of benzene rings is 2. The minimum Gasteiger partial charge on any atom is -0.378 e. The molecule has 0 saturated heterocycles. The molecule has 1 aliphatic heterocycles. The van der Waals surface area contributed by atoms with Gasteiger partial charge in [0.2, 0.25) is 0 Å². The fourth-order valence-electron chi connectivity index (χ4n) is 5.78. The summed E-state index contributed by atoms with van der Waals surface area (Å²) in [7, 11) is 0. The highest BCUT2D eigenvalue weighted by Crippen LogP contribution is 2.63. The van der Waals surface area contributed by atoms with Gasteiger partial charge >= 0.3 is 0 Å². The lowest BCUT2D eigenvalue weighted by molar-refractivity contribution is -0.384. The van der Waals surface area contributed by atoms with Crippen LogP contribution in [0.15, 0.2) is 42.5 Å². The van der Waals surface area contributed by atoms with Crippen LogP contribution in [0.25, 0.3) is 0 Å².